The second-order valence-electron chi connectivity index (χ2n) is 14.9. The second kappa shape index (κ2) is 8.18. The van der Waals surface area contributed by atoms with Crippen LogP contribution in [-0.4, -0.2) is 48.5 Å². The molecule has 0 unspecified atom stereocenters. The SMILES string of the molecule is CC1=C(O)C(=O)C=C2C1=CC=C1[C@@]2(C)CC[C@@]2(C)[C@@H]3C[C@](C)(CN4CCNCC4)CC[C@]3(C)CC[C@]12C. The van der Waals surface area contributed by atoms with Crippen LogP contribution < -0.4 is 5.32 Å². The Morgan fingerprint density at radius 2 is 1.68 bits per heavy atom. The zero-order valence-electron chi connectivity index (χ0n) is 24.1. The fraction of sp³-hybridized carbons (Fsp3) is 0.727. The number of nitrogens with one attached hydrogen (secondary N) is 1. The fourth-order valence-electron chi connectivity index (χ4n) is 10.1. The molecule has 4 fully saturated rings. The molecule has 3 saturated carbocycles. The van der Waals surface area contributed by atoms with Gasteiger partial charge in [0.25, 0.3) is 0 Å². The van der Waals surface area contributed by atoms with Crippen LogP contribution in [0.25, 0.3) is 0 Å². The van der Waals surface area contributed by atoms with Gasteiger partial charge in [0.05, 0.1) is 0 Å². The van der Waals surface area contributed by atoms with Crippen molar-refractivity contribution in [3.8, 4) is 0 Å². The van der Waals surface area contributed by atoms with E-state index in [1.165, 1.54) is 58.2 Å². The summed E-state index contributed by atoms with van der Waals surface area (Å²) in [5.41, 5.74) is 5.53. The van der Waals surface area contributed by atoms with Crippen LogP contribution in [0.15, 0.2) is 46.3 Å². The highest BCUT2D eigenvalue weighted by atomic mass is 16.3. The Bertz CT molecular complexity index is 1150. The normalized spacial score (nSPS) is 46.2. The molecule has 1 saturated heterocycles. The Balaban J connectivity index is 1.38. The van der Waals surface area contributed by atoms with E-state index in [0.29, 0.717) is 16.7 Å². The predicted octanol–water partition coefficient (Wildman–Crippen LogP) is 6.52. The van der Waals surface area contributed by atoms with E-state index in [-0.39, 0.29) is 27.8 Å². The first-order valence-corrected chi connectivity index (χ1v) is 14.9. The summed E-state index contributed by atoms with van der Waals surface area (Å²) in [7, 11) is 0. The van der Waals surface area contributed by atoms with E-state index in [1.54, 1.807) is 11.6 Å². The van der Waals surface area contributed by atoms with Crippen molar-refractivity contribution in [3.63, 3.8) is 0 Å². The predicted molar refractivity (Wildman–Crippen MR) is 150 cm³/mol. The number of ketones is 1. The maximum atomic E-state index is 12.7. The lowest BCUT2D eigenvalue weighted by molar-refractivity contribution is -0.163. The molecule has 0 radical (unpaired) electrons. The van der Waals surface area contributed by atoms with Gasteiger partial charge in [0.15, 0.2) is 5.76 Å². The molecule has 6 aliphatic rings. The number of aliphatic hydroxyl groups excluding tert-OH is 1. The largest absolute Gasteiger partial charge is 0.504 e. The summed E-state index contributed by atoms with van der Waals surface area (Å²) >= 11 is 0. The smallest absolute Gasteiger partial charge is 0.220 e. The van der Waals surface area contributed by atoms with Crippen LogP contribution in [0.5, 0.6) is 0 Å². The fourth-order valence-corrected chi connectivity index (χ4v) is 10.1. The summed E-state index contributed by atoms with van der Waals surface area (Å²) in [5, 5.41) is 13.9. The number of fused-ring (bicyclic) bond motifs is 7. The highest BCUT2D eigenvalue weighted by Gasteiger charge is 2.66. The van der Waals surface area contributed by atoms with Crippen LogP contribution in [0.1, 0.15) is 86.5 Å². The summed E-state index contributed by atoms with van der Waals surface area (Å²) < 4.78 is 0. The minimum Gasteiger partial charge on any atom is -0.504 e. The molecular weight excluding hydrogens is 456 g/mol. The summed E-state index contributed by atoms with van der Waals surface area (Å²) in [6.45, 7) is 20.6. The monoisotopic (exact) mass is 504 g/mol. The van der Waals surface area contributed by atoms with Crippen molar-refractivity contribution in [2.24, 2.45) is 33.0 Å². The third kappa shape index (κ3) is 3.50. The van der Waals surface area contributed by atoms with E-state index < -0.39 is 0 Å². The number of hydrogen-bond donors (Lipinski definition) is 2. The molecule has 37 heavy (non-hydrogen) atoms. The van der Waals surface area contributed by atoms with Gasteiger partial charge >= 0.3 is 0 Å². The standard InChI is InChI=1S/C33H48N2O2/c1-22-23-7-8-26-31(4,24(23)19-25(36)28(22)37)12-14-33(6)27-20-29(2,21-35-17-15-34-16-18-35)9-10-30(27,3)11-13-32(26,33)5/h7-8,19,27,34,37H,9-18,20-21H2,1-6H3/t27-,29-,30-,31+,32-,33+/m1/s1. The number of hydrogen-bond acceptors (Lipinski definition) is 4. The zero-order chi connectivity index (χ0) is 26.4. The van der Waals surface area contributed by atoms with Crippen molar-refractivity contribution in [2.45, 2.75) is 86.5 Å². The Hall–Kier alpha value is -1.65. The van der Waals surface area contributed by atoms with Crippen LogP contribution in [0, 0.1) is 33.0 Å². The lowest BCUT2D eigenvalue weighted by Gasteiger charge is -2.70. The number of rotatable bonds is 2. The third-order valence-corrected chi connectivity index (χ3v) is 12.8. The first-order chi connectivity index (χ1) is 17.4. The minimum atomic E-state index is -0.224. The van der Waals surface area contributed by atoms with Crippen molar-refractivity contribution in [3.05, 3.63) is 46.3 Å². The van der Waals surface area contributed by atoms with Gasteiger partial charge < -0.3 is 15.3 Å². The number of piperazine rings is 1. The first-order valence-electron chi connectivity index (χ1n) is 14.9. The molecule has 1 aliphatic heterocycles. The quantitative estimate of drug-likeness (QED) is 0.450. The van der Waals surface area contributed by atoms with Gasteiger partial charge in [0.1, 0.15) is 0 Å². The van der Waals surface area contributed by atoms with Gasteiger partial charge in [0, 0.05) is 43.7 Å². The van der Waals surface area contributed by atoms with Crippen molar-refractivity contribution in [1.29, 1.82) is 0 Å². The van der Waals surface area contributed by atoms with Crippen molar-refractivity contribution in [1.82, 2.24) is 10.2 Å². The van der Waals surface area contributed by atoms with Crippen molar-refractivity contribution >= 4 is 5.78 Å². The van der Waals surface area contributed by atoms with E-state index in [4.69, 9.17) is 0 Å². The molecule has 0 aromatic carbocycles. The van der Waals surface area contributed by atoms with E-state index in [0.717, 1.165) is 36.2 Å². The summed E-state index contributed by atoms with van der Waals surface area (Å²) in [5.74, 6) is 0.406. The molecule has 1 heterocycles. The second-order valence-corrected chi connectivity index (χ2v) is 14.9. The van der Waals surface area contributed by atoms with Crippen LogP contribution in [0.4, 0.5) is 0 Å². The summed E-state index contributed by atoms with van der Waals surface area (Å²) in [4.78, 5) is 15.4. The highest BCUT2D eigenvalue weighted by Crippen LogP contribution is 2.75. The Morgan fingerprint density at radius 3 is 2.41 bits per heavy atom. The average Bonchev–Trinajstić information content (AvgIpc) is 2.86. The molecule has 4 heteroatoms. The molecule has 6 atom stereocenters. The highest BCUT2D eigenvalue weighted by molar-refractivity contribution is 6.06. The zero-order valence-corrected chi connectivity index (χ0v) is 24.1. The van der Waals surface area contributed by atoms with E-state index in [2.05, 4.69) is 57.0 Å². The van der Waals surface area contributed by atoms with Crippen molar-refractivity contribution in [2.75, 3.05) is 32.7 Å². The lowest BCUT2D eigenvalue weighted by Crippen LogP contribution is -2.62. The molecule has 4 nitrogen and oxygen atoms in total. The Morgan fingerprint density at radius 1 is 0.973 bits per heavy atom. The van der Waals surface area contributed by atoms with Crippen LogP contribution in [0.2, 0.25) is 0 Å². The number of carbonyl (C=O) groups excluding carboxylic acids is 1. The molecule has 0 aromatic heterocycles. The number of aliphatic hydroxyl groups is 1. The lowest BCUT2D eigenvalue weighted by atomic mass is 9.34. The number of allylic oxidation sites excluding steroid dienone is 7. The maximum Gasteiger partial charge on any atom is 0.220 e. The summed E-state index contributed by atoms with van der Waals surface area (Å²) in [6.07, 6.45) is 15.2. The van der Waals surface area contributed by atoms with Gasteiger partial charge in [-0.15, -0.1) is 0 Å². The van der Waals surface area contributed by atoms with Gasteiger partial charge in [-0.2, -0.15) is 0 Å². The molecule has 202 valence electrons. The summed E-state index contributed by atoms with van der Waals surface area (Å²) in [6, 6.07) is 0. The van der Waals surface area contributed by atoms with Crippen LogP contribution >= 0.6 is 0 Å². The molecule has 6 rings (SSSR count). The molecule has 0 aromatic rings. The minimum absolute atomic E-state index is 0.0817. The molecular formula is C33H48N2O2. The molecule has 0 spiro atoms. The van der Waals surface area contributed by atoms with Crippen LogP contribution in [-0.2, 0) is 4.79 Å². The van der Waals surface area contributed by atoms with Gasteiger partial charge in [-0.05, 0) is 96.7 Å². The first kappa shape index (κ1) is 25.6. The molecule has 0 amide bonds. The van der Waals surface area contributed by atoms with Gasteiger partial charge in [-0.3, -0.25) is 4.79 Å². The van der Waals surface area contributed by atoms with E-state index in [1.807, 2.05) is 6.92 Å². The number of nitrogens with zero attached hydrogens (tertiary/aromatic N) is 1. The third-order valence-electron chi connectivity index (χ3n) is 12.8. The maximum absolute atomic E-state index is 12.7. The molecule has 2 N–H and O–H groups in total. The Labute approximate surface area is 224 Å². The topological polar surface area (TPSA) is 52.6 Å². The molecule has 5 aliphatic carbocycles. The average molecular weight is 505 g/mol. The van der Waals surface area contributed by atoms with E-state index in [9.17, 15) is 9.90 Å². The van der Waals surface area contributed by atoms with Gasteiger partial charge in [0.2, 0.25) is 5.78 Å². The molecule has 0 bridgehead atoms. The Kier molecular flexibility index (Phi) is 5.66. The van der Waals surface area contributed by atoms with Crippen molar-refractivity contribution < 1.29 is 9.90 Å². The van der Waals surface area contributed by atoms with E-state index >= 15 is 0 Å². The van der Waals surface area contributed by atoms with Crippen LogP contribution in [0.3, 0.4) is 0 Å². The van der Waals surface area contributed by atoms with Gasteiger partial charge in [-0.25, -0.2) is 0 Å². The number of carbonyl (C=O) groups is 1. The van der Waals surface area contributed by atoms with Gasteiger partial charge in [-0.1, -0.05) is 52.3 Å².